The SMILES string of the molecule is C=COCC(C)(C)C=C(C)C(=O)O. The highest BCUT2D eigenvalue weighted by atomic mass is 16.5. The van der Waals surface area contributed by atoms with Crippen LogP contribution < -0.4 is 0 Å². The molecule has 0 spiro atoms. The molecule has 74 valence electrons. The van der Waals surface area contributed by atoms with Crippen LogP contribution in [0.5, 0.6) is 0 Å². The second kappa shape index (κ2) is 4.70. The third-order valence-electron chi connectivity index (χ3n) is 1.52. The van der Waals surface area contributed by atoms with E-state index in [1.54, 1.807) is 13.0 Å². The average Bonchev–Trinajstić information content (AvgIpc) is 2.00. The molecule has 0 unspecified atom stereocenters. The Hall–Kier alpha value is -1.25. The monoisotopic (exact) mass is 184 g/mol. The van der Waals surface area contributed by atoms with Crippen molar-refractivity contribution < 1.29 is 14.6 Å². The third-order valence-corrected chi connectivity index (χ3v) is 1.52. The molecule has 0 aliphatic rings. The number of ether oxygens (including phenoxy) is 1. The molecule has 0 aromatic carbocycles. The molecular formula is C10H16O3. The Labute approximate surface area is 78.7 Å². The van der Waals surface area contributed by atoms with Crippen LogP contribution in [0.4, 0.5) is 0 Å². The van der Waals surface area contributed by atoms with E-state index in [1.165, 1.54) is 6.26 Å². The zero-order valence-corrected chi connectivity index (χ0v) is 8.33. The summed E-state index contributed by atoms with van der Waals surface area (Å²) in [6.45, 7) is 9.23. The van der Waals surface area contributed by atoms with E-state index in [0.717, 1.165) is 0 Å². The van der Waals surface area contributed by atoms with Gasteiger partial charge in [-0.15, -0.1) is 0 Å². The molecule has 0 saturated carbocycles. The normalized spacial score (nSPS) is 12.4. The molecule has 3 nitrogen and oxygen atoms in total. The largest absolute Gasteiger partial charge is 0.501 e. The molecule has 0 aliphatic heterocycles. The Morgan fingerprint density at radius 3 is 2.54 bits per heavy atom. The quantitative estimate of drug-likeness (QED) is 0.526. The van der Waals surface area contributed by atoms with Crippen molar-refractivity contribution in [2.24, 2.45) is 5.41 Å². The minimum absolute atomic E-state index is 0.281. The van der Waals surface area contributed by atoms with Gasteiger partial charge in [-0.1, -0.05) is 26.5 Å². The summed E-state index contributed by atoms with van der Waals surface area (Å²) in [5, 5.41) is 8.64. The number of hydrogen-bond donors (Lipinski definition) is 1. The zero-order chi connectivity index (χ0) is 10.5. The van der Waals surface area contributed by atoms with Crippen LogP contribution in [0, 0.1) is 5.41 Å². The van der Waals surface area contributed by atoms with Crippen LogP contribution >= 0.6 is 0 Å². The first kappa shape index (κ1) is 11.8. The fraction of sp³-hybridized carbons (Fsp3) is 0.500. The maximum Gasteiger partial charge on any atom is 0.330 e. The first-order chi connectivity index (χ1) is 5.89. The molecule has 0 aromatic rings. The molecule has 0 aliphatic carbocycles. The van der Waals surface area contributed by atoms with Crippen LogP contribution in [-0.4, -0.2) is 17.7 Å². The van der Waals surface area contributed by atoms with Gasteiger partial charge in [0.1, 0.15) is 0 Å². The molecular weight excluding hydrogens is 168 g/mol. The van der Waals surface area contributed by atoms with Gasteiger partial charge in [0.2, 0.25) is 0 Å². The lowest BCUT2D eigenvalue weighted by atomic mass is 9.92. The van der Waals surface area contributed by atoms with Crippen LogP contribution in [0.3, 0.4) is 0 Å². The van der Waals surface area contributed by atoms with Crippen molar-refractivity contribution in [3.63, 3.8) is 0 Å². The highest BCUT2D eigenvalue weighted by Gasteiger charge is 2.16. The van der Waals surface area contributed by atoms with Crippen molar-refractivity contribution in [1.82, 2.24) is 0 Å². The van der Waals surface area contributed by atoms with Gasteiger partial charge in [0.25, 0.3) is 0 Å². The van der Waals surface area contributed by atoms with Crippen molar-refractivity contribution in [1.29, 1.82) is 0 Å². The van der Waals surface area contributed by atoms with Gasteiger partial charge in [0.05, 0.1) is 12.9 Å². The predicted octanol–water partition coefficient (Wildman–Crippen LogP) is 2.20. The molecule has 0 bridgehead atoms. The van der Waals surface area contributed by atoms with Crippen LogP contribution in [0.15, 0.2) is 24.5 Å². The van der Waals surface area contributed by atoms with E-state index in [2.05, 4.69) is 6.58 Å². The van der Waals surface area contributed by atoms with Crippen LogP contribution in [0.1, 0.15) is 20.8 Å². The summed E-state index contributed by atoms with van der Waals surface area (Å²) in [5.74, 6) is -0.897. The van der Waals surface area contributed by atoms with Crippen molar-refractivity contribution in [2.45, 2.75) is 20.8 Å². The fourth-order valence-corrected chi connectivity index (χ4v) is 0.963. The highest BCUT2D eigenvalue weighted by Crippen LogP contribution is 2.19. The van der Waals surface area contributed by atoms with Crippen LogP contribution in [0.2, 0.25) is 0 Å². The third kappa shape index (κ3) is 5.06. The Bertz CT molecular complexity index is 226. The molecule has 0 saturated heterocycles. The highest BCUT2D eigenvalue weighted by molar-refractivity contribution is 5.85. The summed E-state index contributed by atoms with van der Waals surface area (Å²) in [4.78, 5) is 10.5. The molecule has 0 atom stereocenters. The lowest BCUT2D eigenvalue weighted by Gasteiger charge is -2.19. The van der Waals surface area contributed by atoms with Crippen molar-refractivity contribution in [3.8, 4) is 0 Å². The molecule has 0 fully saturated rings. The first-order valence-electron chi connectivity index (χ1n) is 4.04. The van der Waals surface area contributed by atoms with E-state index >= 15 is 0 Å². The standard InChI is InChI=1S/C10H16O3/c1-5-13-7-10(3,4)6-8(2)9(11)12/h5-6H,1,7H2,2-4H3,(H,11,12). The van der Waals surface area contributed by atoms with Gasteiger partial charge >= 0.3 is 5.97 Å². The molecule has 0 heterocycles. The minimum Gasteiger partial charge on any atom is -0.501 e. The van der Waals surface area contributed by atoms with E-state index in [-0.39, 0.29) is 5.41 Å². The van der Waals surface area contributed by atoms with Crippen LogP contribution in [-0.2, 0) is 9.53 Å². The summed E-state index contributed by atoms with van der Waals surface area (Å²) in [5.41, 5.74) is 0.0501. The van der Waals surface area contributed by atoms with Crippen molar-refractivity contribution in [3.05, 3.63) is 24.5 Å². The van der Waals surface area contributed by atoms with Gasteiger partial charge in [-0.2, -0.15) is 0 Å². The van der Waals surface area contributed by atoms with Crippen molar-refractivity contribution >= 4 is 5.97 Å². The maximum absolute atomic E-state index is 10.5. The Morgan fingerprint density at radius 2 is 2.15 bits per heavy atom. The first-order valence-corrected chi connectivity index (χ1v) is 4.04. The molecule has 0 radical (unpaired) electrons. The number of hydrogen-bond acceptors (Lipinski definition) is 2. The smallest absolute Gasteiger partial charge is 0.330 e. The number of carbonyl (C=O) groups is 1. The summed E-state index contributed by atoms with van der Waals surface area (Å²) in [7, 11) is 0. The number of rotatable bonds is 5. The molecule has 1 N–H and O–H groups in total. The summed E-state index contributed by atoms with van der Waals surface area (Å²) < 4.78 is 5.01. The Kier molecular flexibility index (Phi) is 4.25. The van der Waals surface area contributed by atoms with Gasteiger partial charge in [0.15, 0.2) is 0 Å². The molecule has 0 amide bonds. The summed E-state index contributed by atoms with van der Waals surface area (Å²) >= 11 is 0. The fourth-order valence-electron chi connectivity index (χ4n) is 0.963. The lowest BCUT2D eigenvalue weighted by Crippen LogP contribution is -2.16. The predicted molar refractivity (Wildman–Crippen MR) is 51.3 cm³/mol. The zero-order valence-electron chi connectivity index (χ0n) is 8.33. The van der Waals surface area contributed by atoms with E-state index in [4.69, 9.17) is 9.84 Å². The van der Waals surface area contributed by atoms with E-state index in [1.807, 2.05) is 13.8 Å². The van der Waals surface area contributed by atoms with Gasteiger partial charge in [-0.05, 0) is 6.92 Å². The summed E-state index contributed by atoms with van der Waals surface area (Å²) in [6, 6.07) is 0. The molecule has 0 rings (SSSR count). The molecule has 0 aromatic heterocycles. The van der Waals surface area contributed by atoms with Gasteiger partial charge < -0.3 is 9.84 Å². The topological polar surface area (TPSA) is 46.5 Å². The van der Waals surface area contributed by atoms with Gasteiger partial charge in [-0.25, -0.2) is 4.79 Å². The Morgan fingerprint density at radius 1 is 1.62 bits per heavy atom. The lowest BCUT2D eigenvalue weighted by molar-refractivity contribution is -0.132. The van der Waals surface area contributed by atoms with E-state index in [0.29, 0.717) is 12.2 Å². The Balaban J connectivity index is 4.37. The second-order valence-electron chi connectivity index (χ2n) is 3.60. The minimum atomic E-state index is -0.897. The summed E-state index contributed by atoms with van der Waals surface area (Å²) in [6.07, 6.45) is 3.03. The van der Waals surface area contributed by atoms with E-state index < -0.39 is 5.97 Å². The maximum atomic E-state index is 10.5. The second-order valence-corrected chi connectivity index (χ2v) is 3.60. The van der Waals surface area contributed by atoms with E-state index in [9.17, 15) is 4.79 Å². The number of aliphatic carboxylic acids is 1. The van der Waals surface area contributed by atoms with Gasteiger partial charge in [0, 0.05) is 11.0 Å². The number of carboxylic acids is 1. The van der Waals surface area contributed by atoms with Crippen molar-refractivity contribution in [2.75, 3.05) is 6.61 Å². The molecule has 3 heteroatoms. The average molecular weight is 184 g/mol. The van der Waals surface area contributed by atoms with Gasteiger partial charge in [-0.3, -0.25) is 0 Å². The van der Waals surface area contributed by atoms with Crippen LogP contribution in [0.25, 0.3) is 0 Å². The number of carboxylic acid groups (broad SMARTS) is 1. The molecule has 13 heavy (non-hydrogen) atoms.